The standard InChI is InChI=1S/C13H18O5/c1-8(14)7-13(12(17)18,9(2)11(15)16)10-5-3-4-6-10/h10H,2-7H2,1H3,(H,15,16)(H,17,18). The molecular weight excluding hydrogens is 236 g/mol. The zero-order chi connectivity index (χ0) is 13.9. The van der Waals surface area contributed by atoms with Crippen LogP contribution < -0.4 is 0 Å². The Morgan fingerprint density at radius 3 is 2.06 bits per heavy atom. The Balaban J connectivity index is 3.25. The van der Waals surface area contributed by atoms with Crippen molar-refractivity contribution >= 4 is 17.7 Å². The van der Waals surface area contributed by atoms with Crippen LogP contribution in [0.3, 0.4) is 0 Å². The molecule has 0 bridgehead atoms. The van der Waals surface area contributed by atoms with Crippen LogP contribution in [0, 0.1) is 11.3 Å². The normalized spacial score (nSPS) is 19.2. The van der Waals surface area contributed by atoms with E-state index >= 15 is 0 Å². The van der Waals surface area contributed by atoms with Gasteiger partial charge in [-0.1, -0.05) is 19.4 Å². The van der Waals surface area contributed by atoms with Crippen molar-refractivity contribution in [1.82, 2.24) is 0 Å². The summed E-state index contributed by atoms with van der Waals surface area (Å²) in [7, 11) is 0. The Labute approximate surface area is 105 Å². The fraction of sp³-hybridized carbons (Fsp3) is 0.615. The first-order valence-corrected chi connectivity index (χ1v) is 5.98. The van der Waals surface area contributed by atoms with Gasteiger partial charge >= 0.3 is 11.9 Å². The van der Waals surface area contributed by atoms with Gasteiger partial charge in [-0.2, -0.15) is 0 Å². The highest BCUT2D eigenvalue weighted by Gasteiger charge is 2.51. The van der Waals surface area contributed by atoms with Crippen molar-refractivity contribution in [2.75, 3.05) is 0 Å². The zero-order valence-electron chi connectivity index (χ0n) is 10.4. The molecule has 1 rings (SSSR count). The van der Waals surface area contributed by atoms with E-state index in [1.807, 2.05) is 0 Å². The summed E-state index contributed by atoms with van der Waals surface area (Å²) in [5, 5.41) is 18.5. The predicted molar refractivity (Wildman–Crippen MR) is 64.1 cm³/mol. The Morgan fingerprint density at radius 1 is 1.22 bits per heavy atom. The first kappa shape index (κ1) is 14.4. The third-order valence-electron chi connectivity index (χ3n) is 3.76. The molecule has 0 aromatic rings. The molecule has 0 saturated heterocycles. The van der Waals surface area contributed by atoms with Gasteiger partial charge in [0.15, 0.2) is 0 Å². The molecule has 1 fully saturated rings. The van der Waals surface area contributed by atoms with E-state index in [4.69, 9.17) is 5.11 Å². The van der Waals surface area contributed by atoms with Crippen molar-refractivity contribution in [1.29, 1.82) is 0 Å². The van der Waals surface area contributed by atoms with Gasteiger partial charge < -0.3 is 10.2 Å². The molecule has 2 N–H and O–H groups in total. The van der Waals surface area contributed by atoms with Crippen molar-refractivity contribution in [2.24, 2.45) is 11.3 Å². The van der Waals surface area contributed by atoms with Crippen LogP contribution in [-0.2, 0) is 14.4 Å². The number of Topliss-reactive ketones (excluding diaryl/α,β-unsaturated/α-hetero) is 1. The zero-order valence-corrected chi connectivity index (χ0v) is 10.4. The quantitative estimate of drug-likeness (QED) is 0.706. The van der Waals surface area contributed by atoms with Crippen molar-refractivity contribution < 1.29 is 24.6 Å². The summed E-state index contributed by atoms with van der Waals surface area (Å²) in [5.74, 6) is -3.24. The summed E-state index contributed by atoms with van der Waals surface area (Å²) < 4.78 is 0. The van der Waals surface area contributed by atoms with Gasteiger partial charge in [-0.25, -0.2) is 4.79 Å². The summed E-state index contributed by atoms with van der Waals surface area (Å²) in [6.45, 7) is 4.69. The Kier molecular flexibility index (Phi) is 4.27. The minimum absolute atomic E-state index is 0.294. The number of aliphatic carboxylic acids is 2. The number of rotatable bonds is 6. The van der Waals surface area contributed by atoms with E-state index in [0.717, 1.165) is 12.8 Å². The highest BCUT2D eigenvalue weighted by molar-refractivity contribution is 5.99. The molecule has 1 aliphatic rings. The number of carboxylic acids is 2. The second-order valence-corrected chi connectivity index (χ2v) is 4.92. The molecule has 0 spiro atoms. The fourth-order valence-corrected chi connectivity index (χ4v) is 2.88. The van der Waals surface area contributed by atoms with E-state index in [2.05, 4.69) is 6.58 Å². The number of carboxylic acid groups (broad SMARTS) is 2. The van der Waals surface area contributed by atoms with Gasteiger partial charge in [0, 0.05) is 12.0 Å². The van der Waals surface area contributed by atoms with Gasteiger partial charge in [0.25, 0.3) is 0 Å². The first-order valence-electron chi connectivity index (χ1n) is 5.98. The summed E-state index contributed by atoms with van der Waals surface area (Å²) >= 11 is 0. The van der Waals surface area contributed by atoms with Crippen LogP contribution in [0.2, 0.25) is 0 Å². The smallest absolute Gasteiger partial charge is 0.332 e. The van der Waals surface area contributed by atoms with Crippen LogP contribution >= 0.6 is 0 Å². The minimum atomic E-state index is -1.64. The second kappa shape index (κ2) is 5.33. The first-order chi connectivity index (χ1) is 8.32. The Hall–Kier alpha value is -1.65. The monoisotopic (exact) mass is 254 g/mol. The maximum Gasteiger partial charge on any atom is 0.332 e. The second-order valence-electron chi connectivity index (χ2n) is 4.92. The van der Waals surface area contributed by atoms with Gasteiger partial charge in [-0.15, -0.1) is 0 Å². The van der Waals surface area contributed by atoms with Crippen molar-refractivity contribution in [3.05, 3.63) is 12.2 Å². The fourth-order valence-electron chi connectivity index (χ4n) is 2.88. The van der Waals surface area contributed by atoms with Gasteiger partial charge in [-0.05, 0) is 25.7 Å². The topological polar surface area (TPSA) is 91.7 Å². The van der Waals surface area contributed by atoms with Gasteiger partial charge in [0.05, 0.1) is 0 Å². The highest BCUT2D eigenvalue weighted by Crippen LogP contribution is 2.47. The molecule has 1 saturated carbocycles. The molecule has 18 heavy (non-hydrogen) atoms. The molecule has 0 aliphatic heterocycles. The van der Waals surface area contributed by atoms with E-state index < -0.39 is 17.4 Å². The van der Waals surface area contributed by atoms with Gasteiger partial charge in [0.2, 0.25) is 0 Å². The van der Waals surface area contributed by atoms with E-state index in [1.54, 1.807) is 0 Å². The maximum absolute atomic E-state index is 11.6. The lowest BCUT2D eigenvalue weighted by Gasteiger charge is -2.34. The van der Waals surface area contributed by atoms with Crippen LogP contribution in [-0.4, -0.2) is 27.9 Å². The SMILES string of the molecule is C=C(C(=O)O)C(CC(C)=O)(C(=O)O)C1CCCC1. The molecular formula is C13H18O5. The average molecular weight is 254 g/mol. The van der Waals surface area contributed by atoms with Crippen molar-refractivity contribution in [3.8, 4) is 0 Å². The summed E-state index contributed by atoms with van der Waals surface area (Å²) in [5.41, 5.74) is -2.02. The summed E-state index contributed by atoms with van der Waals surface area (Å²) in [6, 6.07) is 0. The third-order valence-corrected chi connectivity index (χ3v) is 3.76. The van der Waals surface area contributed by atoms with Crippen LogP contribution in [0.25, 0.3) is 0 Å². The van der Waals surface area contributed by atoms with Gasteiger partial charge in [0.1, 0.15) is 11.2 Å². The lowest BCUT2D eigenvalue weighted by molar-refractivity contribution is -0.155. The molecule has 5 nitrogen and oxygen atoms in total. The highest BCUT2D eigenvalue weighted by atomic mass is 16.4. The molecule has 100 valence electrons. The largest absolute Gasteiger partial charge is 0.481 e. The Bertz CT molecular complexity index is 392. The lowest BCUT2D eigenvalue weighted by Crippen LogP contribution is -2.43. The van der Waals surface area contributed by atoms with Crippen LogP contribution in [0.1, 0.15) is 39.0 Å². The number of carbonyl (C=O) groups excluding carboxylic acids is 1. The summed E-state index contributed by atoms with van der Waals surface area (Å²) in [6.07, 6.45) is 2.70. The molecule has 0 radical (unpaired) electrons. The van der Waals surface area contributed by atoms with E-state index in [9.17, 15) is 19.5 Å². The minimum Gasteiger partial charge on any atom is -0.481 e. The number of hydrogen-bond donors (Lipinski definition) is 2. The summed E-state index contributed by atoms with van der Waals surface area (Å²) in [4.78, 5) is 34.1. The molecule has 5 heteroatoms. The molecule has 0 aromatic heterocycles. The molecule has 0 heterocycles. The van der Waals surface area contributed by atoms with Crippen molar-refractivity contribution in [3.63, 3.8) is 0 Å². The third kappa shape index (κ3) is 2.44. The van der Waals surface area contributed by atoms with Crippen LogP contribution in [0.15, 0.2) is 12.2 Å². The predicted octanol–water partition coefficient (Wildman–Crippen LogP) is 1.87. The van der Waals surface area contributed by atoms with E-state index in [1.165, 1.54) is 6.92 Å². The number of ketones is 1. The molecule has 1 atom stereocenters. The van der Waals surface area contributed by atoms with Crippen LogP contribution in [0.4, 0.5) is 0 Å². The molecule has 1 aliphatic carbocycles. The maximum atomic E-state index is 11.6. The Morgan fingerprint density at radius 2 is 1.72 bits per heavy atom. The average Bonchev–Trinajstić information content (AvgIpc) is 2.77. The van der Waals surface area contributed by atoms with Gasteiger partial charge in [-0.3, -0.25) is 9.59 Å². The molecule has 0 aromatic carbocycles. The molecule has 0 amide bonds. The molecule has 1 unspecified atom stereocenters. The van der Waals surface area contributed by atoms with Crippen molar-refractivity contribution in [2.45, 2.75) is 39.0 Å². The van der Waals surface area contributed by atoms with E-state index in [-0.39, 0.29) is 23.7 Å². The number of carbonyl (C=O) groups is 3. The van der Waals surface area contributed by atoms with E-state index in [0.29, 0.717) is 12.8 Å². The lowest BCUT2D eigenvalue weighted by atomic mass is 9.66. The van der Waals surface area contributed by atoms with Crippen LogP contribution in [0.5, 0.6) is 0 Å². The number of hydrogen-bond acceptors (Lipinski definition) is 3.